The minimum absolute atomic E-state index is 0.0918. The molecule has 0 unspecified atom stereocenters. The third-order valence-corrected chi connectivity index (χ3v) is 3.23. The van der Waals surface area contributed by atoms with E-state index in [0.29, 0.717) is 5.92 Å². The summed E-state index contributed by atoms with van der Waals surface area (Å²) in [5.41, 5.74) is 2.16. The van der Waals surface area contributed by atoms with Crippen LogP contribution in [0.5, 0.6) is 0 Å². The first-order chi connectivity index (χ1) is 9.69. The largest absolute Gasteiger partial charge is 0.392 e. The summed E-state index contributed by atoms with van der Waals surface area (Å²) in [7, 11) is 0. The van der Waals surface area contributed by atoms with Crippen LogP contribution < -0.4 is 4.57 Å². The van der Waals surface area contributed by atoms with E-state index < -0.39 is 0 Å². The van der Waals surface area contributed by atoms with Crippen molar-refractivity contribution in [3.8, 4) is 0 Å². The van der Waals surface area contributed by atoms with E-state index >= 15 is 0 Å². The molecule has 0 atom stereocenters. The van der Waals surface area contributed by atoms with Gasteiger partial charge in [0.15, 0.2) is 0 Å². The monoisotopic (exact) mass is 271 g/mol. The Kier molecular flexibility index (Phi) is 5.13. The molecule has 0 aliphatic rings. The molecule has 0 fully saturated rings. The van der Waals surface area contributed by atoms with Crippen LogP contribution in [0.4, 0.5) is 0 Å². The van der Waals surface area contributed by atoms with E-state index in [2.05, 4.69) is 59.9 Å². The molecule has 2 aromatic rings. The van der Waals surface area contributed by atoms with Gasteiger partial charge in [0, 0.05) is 0 Å². The Morgan fingerprint density at radius 3 is 2.70 bits per heavy atom. The molecule has 20 heavy (non-hydrogen) atoms. The summed E-state index contributed by atoms with van der Waals surface area (Å²) >= 11 is 0. The van der Waals surface area contributed by atoms with Gasteiger partial charge >= 0.3 is 0 Å². The van der Waals surface area contributed by atoms with Gasteiger partial charge in [0.05, 0.1) is 6.61 Å². The highest BCUT2D eigenvalue weighted by atomic mass is 16.3. The van der Waals surface area contributed by atoms with E-state index in [0.717, 1.165) is 24.2 Å². The summed E-state index contributed by atoms with van der Waals surface area (Å²) in [5.74, 6) is 0.592. The van der Waals surface area contributed by atoms with Crippen LogP contribution in [0, 0.1) is 5.92 Å². The van der Waals surface area contributed by atoms with E-state index in [1.54, 1.807) is 0 Å². The Morgan fingerprint density at radius 2 is 2.00 bits per heavy atom. The molecule has 3 nitrogen and oxygen atoms in total. The molecule has 0 spiro atoms. The fraction of sp³-hybridized carbons (Fsp3) is 0.353. The predicted molar refractivity (Wildman–Crippen MR) is 80.1 cm³/mol. The fourth-order valence-electron chi connectivity index (χ4n) is 2.16. The zero-order valence-corrected chi connectivity index (χ0v) is 12.2. The van der Waals surface area contributed by atoms with Gasteiger partial charge in [-0.3, -0.25) is 0 Å². The van der Waals surface area contributed by atoms with Gasteiger partial charge in [0.2, 0.25) is 6.33 Å². The lowest BCUT2D eigenvalue weighted by Gasteiger charge is -2.04. The zero-order valence-electron chi connectivity index (χ0n) is 12.2. The van der Waals surface area contributed by atoms with Crippen molar-refractivity contribution in [2.45, 2.75) is 33.5 Å². The highest BCUT2D eigenvalue weighted by Crippen LogP contribution is 2.08. The van der Waals surface area contributed by atoms with Gasteiger partial charge in [-0.25, -0.2) is 9.13 Å². The number of imidazole rings is 1. The molecule has 0 bridgehead atoms. The van der Waals surface area contributed by atoms with Crippen molar-refractivity contribution >= 4 is 0 Å². The summed E-state index contributed by atoms with van der Waals surface area (Å²) in [6.07, 6.45) is 10.6. The number of rotatable bonds is 6. The van der Waals surface area contributed by atoms with E-state index in [1.165, 1.54) is 0 Å². The molecule has 0 saturated heterocycles. The Balaban J connectivity index is 2.02. The highest BCUT2D eigenvalue weighted by molar-refractivity contribution is 5.25. The lowest BCUT2D eigenvalue weighted by Crippen LogP contribution is -2.32. The minimum Gasteiger partial charge on any atom is -0.392 e. The van der Waals surface area contributed by atoms with Gasteiger partial charge in [0.25, 0.3) is 0 Å². The molecule has 1 heterocycles. The topological polar surface area (TPSA) is 29.0 Å². The van der Waals surface area contributed by atoms with Crippen molar-refractivity contribution in [2.24, 2.45) is 5.92 Å². The highest BCUT2D eigenvalue weighted by Gasteiger charge is 2.06. The zero-order chi connectivity index (χ0) is 14.4. The molecule has 3 heteroatoms. The molecule has 0 amide bonds. The summed E-state index contributed by atoms with van der Waals surface area (Å²) < 4.78 is 4.29. The molecule has 0 aliphatic carbocycles. The van der Waals surface area contributed by atoms with Crippen molar-refractivity contribution in [3.63, 3.8) is 0 Å². The molecule has 2 rings (SSSR count). The molecule has 1 aromatic carbocycles. The normalized spacial score (nSPS) is 11.6. The fourth-order valence-corrected chi connectivity index (χ4v) is 2.16. The van der Waals surface area contributed by atoms with Crippen molar-refractivity contribution in [1.82, 2.24) is 4.57 Å². The SMILES string of the molecule is CC(C)/C=C/Cn1cc[n+](Cc2ccccc2CO)c1. The van der Waals surface area contributed by atoms with Crippen LogP contribution in [0.1, 0.15) is 25.0 Å². The first kappa shape index (κ1) is 14.5. The second-order valence-electron chi connectivity index (χ2n) is 5.38. The summed E-state index contributed by atoms with van der Waals surface area (Å²) in [4.78, 5) is 0. The first-order valence-electron chi connectivity index (χ1n) is 7.08. The van der Waals surface area contributed by atoms with Crippen molar-refractivity contribution in [1.29, 1.82) is 0 Å². The van der Waals surface area contributed by atoms with Gasteiger partial charge < -0.3 is 5.11 Å². The van der Waals surface area contributed by atoms with Crippen LogP contribution in [0.15, 0.2) is 55.1 Å². The molecular formula is C17H23N2O+. The van der Waals surface area contributed by atoms with Gasteiger partial charge in [-0.15, -0.1) is 0 Å². The Hall–Kier alpha value is -1.87. The summed E-state index contributed by atoms with van der Waals surface area (Å²) in [6.45, 7) is 6.13. The molecule has 0 aliphatic heterocycles. The standard InChI is InChI=1S/C17H23N2O/c1-15(2)6-5-9-18-10-11-19(14-18)12-16-7-3-4-8-17(16)13-20/h3-8,10-11,14-15,20H,9,12-13H2,1-2H3/q+1/b6-5+. The van der Waals surface area contributed by atoms with E-state index in [4.69, 9.17) is 0 Å². The quantitative estimate of drug-likeness (QED) is 0.635. The maximum absolute atomic E-state index is 9.35. The van der Waals surface area contributed by atoms with Gasteiger partial charge in [-0.1, -0.05) is 44.2 Å². The molecule has 1 N–H and O–H groups in total. The Labute approximate surface area is 120 Å². The van der Waals surface area contributed by atoms with Crippen LogP contribution >= 0.6 is 0 Å². The molecule has 106 valence electrons. The summed E-state index contributed by atoms with van der Waals surface area (Å²) in [6, 6.07) is 8.01. The summed E-state index contributed by atoms with van der Waals surface area (Å²) in [5, 5.41) is 9.35. The predicted octanol–water partition coefficient (Wildman–Crippen LogP) is 2.53. The lowest BCUT2D eigenvalue weighted by atomic mass is 10.1. The maximum atomic E-state index is 9.35. The van der Waals surface area contributed by atoms with E-state index in [-0.39, 0.29) is 6.61 Å². The number of aliphatic hydroxyl groups is 1. The number of allylic oxidation sites excluding steroid dienone is 2. The number of benzene rings is 1. The minimum atomic E-state index is 0.0918. The third kappa shape index (κ3) is 4.07. The average molecular weight is 271 g/mol. The number of nitrogens with zero attached hydrogens (tertiary/aromatic N) is 2. The van der Waals surface area contributed by atoms with E-state index in [1.807, 2.05) is 18.2 Å². The second kappa shape index (κ2) is 7.06. The maximum Gasteiger partial charge on any atom is 0.244 e. The van der Waals surface area contributed by atoms with Crippen LogP contribution in [-0.2, 0) is 19.7 Å². The smallest absolute Gasteiger partial charge is 0.244 e. The molecule has 0 saturated carbocycles. The third-order valence-electron chi connectivity index (χ3n) is 3.23. The van der Waals surface area contributed by atoms with Crippen LogP contribution in [0.2, 0.25) is 0 Å². The average Bonchev–Trinajstić information content (AvgIpc) is 2.86. The van der Waals surface area contributed by atoms with Crippen LogP contribution in [0.3, 0.4) is 0 Å². The van der Waals surface area contributed by atoms with Gasteiger partial charge in [-0.2, -0.15) is 0 Å². The number of aliphatic hydroxyl groups excluding tert-OH is 1. The van der Waals surface area contributed by atoms with Crippen LogP contribution in [-0.4, -0.2) is 9.67 Å². The first-order valence-corrected chi connectivity index (χ1v) is 7.08. The van der Waals surface area contributed by atoms with Crippen molar-refractivity contribution < 1.29 is 9.67 Å². The second-order valence-corrected chi connectivity index (χ2v) is 5.38. The van der Waals surface area contributed by atoms with Crippen molar-refractivity contribution in [3.05, 3.63) is 66.3 Å². The Morgan fingerprint density at radius 1 is 1.25 bits per heavy atom. The van der Waals surface area contributed by atoms with E-state index in [9.17, 15) is 5.11 Å². The van der Waals surface area contributed by atoms with Crippen LogP contribution in [0.25, 0.3) is 0 Å². The Bertz CT molecular complexity index is 570. The van der Waals surface area contributed by atoms with Gasteiger partial charge in [-0.05, 0) is 23.1 Å². The number of hydrogen-bond donors (Lipinski definition) is 1. The molecule has 0 radical (unpaired) electrons. The molecule has 1 aromatic heterocycles. The number of hydrogen-bond acceptors (Lipinski definition) is 1. The molecular weight excluding hydrogens is 248 g/mol. The van der Waals surface area contributed by atoms with Gasteiger partial charge in [0.1, 0.15) is 25.5 Å². The van der Waals surface area contributed by atoms with Crippen molar-refractivity contribution in [2.75, 3.05) is 0 Å². The number of aromatic nitrogens is 2. The lowest BCUT2D eigenvalue weighted by molar-refractivity contribution is -0.687.